The van der Waals surface area contributed by atoms with E-state index in [1.165, 1.54) is 0 Å². The van der Waals surface area contributed by atoms with Gasteiger partial charge in [0.2, 0.25) is 5.91 Å². The van der Waals surface area contributed by atoms with Gasteiger partial charge in [-0.25, -0.2) is 4.98 Å². The molecule has 2 aromatic carbocycles. The van der Waals surface area contributed by atoms with Crippen LogP contribution in [-0.2, 0) is 11.3 Å². The Bertz CT molecular complexity index is 1020. The van der Waals surface area contributed by atoms with Crippen molar-refractivity contribution in [2.45, 2.75) is 23.8 Å². The van der Waals surface area contributed by atoms with Crippen molar-refractivity contribution in [2.75, 3.05) is 17.7 Å². The second kappa shape index (κ2) is 6.89. The smallest absolute Gasteiger partial charge is 0.227 e. The van der Waals surface area contributed by atoms with Crippen molar-refractivity contribution >= 4 is 34.4 Å². The van der Waals surface area contributed by atoms with E-state index in [0.29, 0.717) is 19.5 Å². The van der Waals surface area contributed by atoms with Crippen molar-refractivity contribution in [1.29, 1.82) is 0 Å². The quantitative estimate of drug-likeness (QED) is 0.522. The van der Waals surface area contributed by atoms with Crippen molar-refractivity contribution < 1.29 is 4.79 Å². The maximum absolute atomic E-state index is 12.7. The molecule has 1 atom stereocenters. The Hall–Kier alpha value is -2.71. The van der Waals surface area contributed by atoms with Crippen LogP contribution in [0.15, 0.2) is 53.4 Å². The summed E-state index contributed by atoms with van der Waals surface area (Å²) in [6, 6.07) is 16.1. The molecule has 2 heterocycles. The van der Waals surface area contributed by atoms with Gasteiger partial charge in [0, 0.05) is 29.5 Å². The summed E-state index contributed by atoms with van der Waals surface area (Å²) in [6.07, 6.45) is 8.07. The second-order valence-corrected chi connectivity index (χ2v) is 7.24. The van der Waals surface area contributed by atoms with Crippen LogP contribution < -0.4 is 4.90 Å². The first-order valence-corrected chi connectivity index (χ1v) is 9.77. The first kappa shape index (κ1) is 16.7. The molecular formula is C21H19N3OS. The molecule has 26 heavy (non-hydrogen) atoms. The Labute approximate surface area is 157 Å². The molecule has 0 radical (unpaired) electrons. The van der Waals surface area contributed by atoms with Crippen LogP contribution in [0.2, 0.25) is 0 Å². The van der Waals surface area contributed by atoms with Gasteiger partial charge in [0.15, 0.2) is 0 Å². The lowest BCUT2D eigenvalue weighted by atomic mass is 10.1. The molecule has 4 rings (SSSR count). The largest absolute Gasteiger partial charge is 0.316 e. The van der Waals surface area contributed by atoms with Gasteiger partial charge in [-0.3, -0.25) is 4.79 Å². The van der Waals surface area contributed by atoms with E-state index in [-0.39, 0.29) is 11.8 Å². The predicted molar refractivity (Wildman–Crippen MR) is 107 cm³/mol. The highest BCUT2D eigenvalue weighted by Gasteiger charge is 2.34. The monoisotopic (exact) mass is 361 g/mol. The minimum absolute atomic E-state index is 0.0428. The number of terminal acetylenes is 1. The lowest BCUT2D eigenvalue weighted by Gasteiger charge is -2.17. The molecular weight excluding hydrogens is 342 g/mol. The summed E-state index contributed by atoms with van der Waals surface area (Å²) in [7, 11) is 0. The highest BCUT2D eigenvalue weighted by molar-refractivity contribution is 7.98. The second-order valence-electron chi connectivity index (χ2n) is 6.36. The van der Waals surface area contributed by atoms with Gasteiger partial charge in [-0.15, -0.1) is 18.2 Å². The number of hydrogen-bond donors (Lipinski definition) is 0. The molecule has 0 aliphatic carbocycles. The molecule has 0 N–H and O–H groups in total. The Morgan fingerprint density at radius 1 is 1.27 bits per heavy atom. The van der Waals surface area contributed by atoms with E-state index in [4.69, 9.17) is 11.4 Å². The van der Waals surface area contributed by atoms with E-state index >= 15 is 0 Å². The molecule has 5 heteroatoms. The summed E-state index contributed by atoms with van der Waals surface area (Å²) in [5.41, 5.74) is 2.90. The average Bonchev–Trinajstić information content (AvgIpc) is 3.23. The number of aromatic nitrogens is 2. The number of rotatable bonds is 4. The third-order valence-electron chi connectivity index (χ3n) is 4.79. The number of anilines is 1. The number of carbonyl (C=O) groups is 1. The van der Waals surface area contributed by atoms with Gasteiger partial charge < -0.3 is 9.47 Å². The van der Waals surface area contributed by atoms with Crippen molar-refractivity contribution in [3.8, 4) is 12.3 Å². The Balaban J connectivity index is 1.70. The van der Waals surface area contributed by atoms with E-state index in [0.717, 1.165) is 27.4 Å². The van der Waals surface area contributed by atoms with Gasteiger partial charge in [-0.1, -0.05) is 24.1 Å². The molecule has 1 aliphatic rings. The number of imidazole rings is 1. The van der Waals surface area contributed by atoms with Crippen LogP contribution in [0.1, 0.15) is 18.2 Å². The number of benzene rings is 2. The van der Waals surface area contributed by atoms with Crippen molar-refractivity contribution in [2.24, 2.45) is 0 Å². The molecule has 0 spiro atoms. The highest BCUT2D eigenvalue weighted by atomic mass is 32.2. The molecule has 3 aromatic rings. The van der Waals surface area contributed by atoms with Crippen molar-refractivity contribution in [3.63, 3.8) is 0 Å². The minimum Gasteiger partial charge on any atom is -0.316 e. The fraction of sp³-hybridized carbons (Fsp3) is 0.238. The van der Waals surface area contributed by atoms with Crippen molar-refractivity contribution in [1.82, 2.24) is 9.55 Å². The standard InChI is InChI=1S/C21H19N3OS/c1-3-11-23-19-10-5-4-9-18(19)22-21(23)15-12-20(25)24(14-15)16-7-6-8-17(13-16)26-2/h1,4-10,13,15H,11-12,14H2,2H3. The molecule has 1 amide bonds. The van der Waals surface area contributed by atoms with Crippen LogP contribution in [-0.4, -0.2) is 28.3 Å². The summed E-state index contributed by atoms with van der Waals surface area (Å²) in [5.74, 6) is 3.80. The van der Waals surface area contributed by atoms with Gasteiger partial charge in [0.1, 0.15) is 5.82 Å². The van der Waals surface area contributed by atoms with Gasteiger partial charge in [-0.05, 0) is 36.6 Å². The van der Waals surface area contributed by atoms with E-state index in [9.17, 15) is 4.79 Å². The number of nitrogens with zero attached hydrogens (tertiary/aromatic N) is 3. The zero-order valence-electron chi connectivity index (χ0n) is 14.6. The fourth-order valence-electron chi connectivity index (χ4n) is 3.57. The maximum Gasteiger partial charge on any atom is 0.227 e. The summed E-state index contributed by atoms with van der Waals surface area (Å²) >= 11 is 1.68. The summed E-state index contributed by atoms with van der Waals surface area (Å²) in [6.45, 7) is 1.09. The van der Waals surface area contributed by atoms with E-state index in [1.54, 1.807) is 11.8 Å². The summed E-state index contributed by atoms with van der Waals surface area (Å²) in [4.78, 5) is 20.5. The molecule has 1 saturated heterocycles. The van der Waals surface area contributed by atoms with Crippen molar-refractivity contribution in [3.05, 3.63) is 54.4 Å². The average molecular weight is 361 g/mol. The predicted octanol–water partition coefficient (Wildman–Crippen LogP) is 3.91. The molecule has 0 saturated carbocycles. The third-order valence-corrected chi connectivity index (χ3v) is 5.51. The highest BCUT2D eigenvalue weighted by Crippen LogP contribution is 2.34. The SMILES string of the molecule is C#CCn1c(C2CC(=O)N(c3cccc(SC)c3)C2)nc2ccccc21. The number of carbonyl (C=O) groups excluding carboxylic acids is 1. The molecule has 1 fully saturated rings. The zero-order chi connectivity index (χ0) is 18.1. The molecule has 4 nitrogen and oxygen atoms in total. The molecule has 1 unspecified atom stereocenters. The van der Waals surface area contributed by atoms with Gasteiger partial charge >= 0.3 is 0 Å². The number of para-hydroxylation sites is 2. The molecule has 130 valence electrons. The van der Waals surface area contributed by atoms with E-state index in [2.05, 4.69) is 22.6 Å². The first-order chi connectivity index (χ1) is 12.7. The molecule has 0 bridgehead atoms. The van der Waals surface area contributed by atoms with Crippen LogP contribution in [0, 0.1) is 12.3 Å². The first-order valence-electron chi connectivity index (χ1n) is 8.54. The van der Waals surface area contributed by atoms with Crippen LogP contribution in [0.3, 0.4) is 0 Å². The lowest BCUT2D eigenvalue weighted by Crippen LogP contribution is -2.24. The Kier molecular flexibility index (Phi) is 4.44. The van der Waals surface area contributed by atoms with Gasteiger partial charge in [0.05, 0.1) is 17.6 Å². The van der Waals surface area contributed by atoms with Crippen LogP contribution in [0.25, 0.3) is 11.0 Å². The number of amides is 1. The van der Waals surface area contributed by atoms with Crippen LogP contribution >= 0.6 is 11.8 Å². The summed E-state index contributed by atoms with van der Waals surface area (Å²) < 4.78 is 2.06. The van der Waals surface area contributed by atoms with Gasteiger partial charge in [0.25, 0.3) is 0 Å². The van der Waals surface area contributed by atoms with Crippen LogP contribution in [0.5, 0.6) is 0 Å². The minimum atomic E-state index is 0.0428. The van der Waals surface area contributed by atoms with Crippen LogP contribution in [0.4, 0.5) is 5.69 Å². The number of hydrogen-bond acceptors (Lipinski definition) is 3. The van der Waals surface area contributed by atoms with Gasteiger partial charge in [-0.2, -0.15) is 0 Å². The maximum atomic E-state index is 12.7. The Morgan fingerprint density at radius 3 is 2.92 bits per heavy atom. The molecule has 1 aromatic heterocycles. The van der Waals surface area contributed by atoms with E-state index < -0.39 is 0 Å². The topological polar surface area (TPSA) is 38.1 Å². The number of thioether (sulfide) groups is 1. The lowest BCUT2D eigenvalue weighted by molar-refractivity contribution is -0.117. The third kappa shape index (κ3) is 2.87. The number of fused-ring (bicyclic) bond motifs is 1. The summed E-state index contributed by atoms with van der Waals surface area (Å²) in [5, 5.41) is 0. The Morgan fingerprint density at radius 2 is 2.12 bits per heavy atom. The normalized spacial score (nSPS) is 17.0. The fourth-order valence-corrected chi connectivity index (χ4v) is 4.02. The molecule has 1 aliphatic heterocycles. The van der Waals surface area contributed by atoms with E-state index in [1.807, 2.05) is 47.6 Å². The zero-order valence-corrected chi connectivity index (χ0v) is 15.4.